The first-order valence-corrected chi connectivity index (χ1v) is 5.63. The Kier molecular flexibility index (Phi) is 4.11. The van der Waals surface area contributed by atoms with Crippen molar-refractivity contribution in [3.63, 3.8) is 0 Å². The molecule has 9 nitrogen and oxygen atoms in total. The third-order valence-electron chi connectivity index (χ3n) is 2.30. The molecular formula is C11H12N4O5. The Hall–Kier alpha value is -2.68. The number of hydrogen-bond acceptors (Lipinski definition) is 7. The van der Waals surface area contributed by atoms with Gasteiger partial charge in [0.15, 0.2) is 5.76 Å². The van der Waals surface area contributed by atoms with Crippen LogP contribution < -0.4 is 5.73 Å². The molecule has 0 unspecified atom stereocenters. The van der Waals surface area contributed by atoms with E-state index in [2.05, 4.69) is 10.2 Å². The van der Waals surface area contributed by atoms with Crippen molar-refractivity contribution in [3.8, 4) is 11.7 Å². The minimum atomic E-state index is -1.09. The summed E-state index contributed by atoms with van der Waals surface area (Å²) >= 11 is 0. The maximum atomic E-state index is 10.9. The Morgan fingerprint density at radius 3 is 2.75 bits per heavy atom. The van der Waals surface area contributed by atoms with Gasteiger partial charge in [-0.2, -0.15) is 0 Å². The molecule has 2 heterocycles. The highest BCUT2D eigenvalue weighted by Gasteiger charge is 2.17. The Morgan fingerprint density at radius 2 is 2.15 bits per heavy atom. The summed E-state index contributed by atoms with van der Waals surface area (Å²) < 4.78 is 10.4. The van der Waals surface area contributed by atoms with Crippen LogP contribution in [0.4, 0.5) is 0 Å². The number of aromatic nitrogens is 2. The average molecular weight is 280 g/mol. The Labute approximate surface area is 113 Å². The van der Waals surface area contributed by atoms with Crippen molar-refractivity contribution in [3.05, 3.63) is 24.3 Å². The summed E-state index contributed by atoms with van der Waals surface area (Å²) in [7, 11) is 0. The number of rotatable bonds is 7. The minimum Gasteiger partial charge on any atom is -0.480 e. The lowest BCUT2D eigenvalue weighted by molar-refractivity contribution is -0.138. The lowest BCUT2D eigenvalue weighted by atomic mass is 10.4. The highest BCUT2D eigenvalue weighted by molar-refractivity contribution is 5.77. The topological polar surface area (TPSA) is 136 Å². The molecule has 0 atom stereocenters. The largest absolute Gasteiger partial charge is 0.480 e. The number of carboxylic acid groups (broad SMARTS) is 1. The van der Waals surface area contributed by atoms with Crippen LogP contribution in [0.15, 0.2) is 27.2 Å². The van der Waals surface area contributed by atoms with E-state index < -0.39 is 11.9 Å². The molecule has 20 heavy (non-hydrogen) atoms. The highest BCUT2D eigenvalue weighted by Crippen LogP contribution is 2.18. The molecule has 1 amide bonds. The molecule has 0 aliphatic carbocycles. The van der Waals surface area contributed by atoms with Crippen LogP contribution in [-0.2, 0) is 16.1 Å². The molecule has 0 saturated carbocycles. The summed E-state index contributed by atoms with van der Waals surface area (Å²) in [5, 5.41) is 16.3. The standard InChI is InChI=1S/C11H12N4O5/c12-8(16)4-15(6-10(17)18)5-9-13-14-11(20-9)7-2-1-3-19-7/h1-3H,4-6H2,(H2,12,16)(H,17,18). The molecule has 3 N–H and O–H groups in total. The van der Waals surface area contributed by atoms with Crippen molar-refractivity contribution in [2.75, 3.05) is 13.1 Å². The van der Waals surface area contributed by atoms with Crippen molar-refractivity contribution < 1.29 is 23.5 Å². The molecule has 9 heteroatoms. The number of carbonyl (C=O) groups is 2. The van der Waals surface area contributed by atoms with E-state index >= 15 is 0 Å². The fourth-order valence-corrected chi connectivity index (χ4v) is 1.59. The molecule has 0 aliphatic rings. The molecule has 0 saturated heterocycles. The normalized spacial score (nSPS) is 10.8. The number of hydrogen-bond donors (Lipinski definition) is 2. The number of carbonyl (C=O) groups excluding carboxylic acids is 1. The summed E-state index contributed by atoms with van der Waals surface area (Å²) in [5.41, 5.74) is 5.05. The van der Waals surface area contributed by atoms with Crippen LogP contribution in [0, 0.1) is 0 Å². The Bertz CT molecular complexity index is 576. The summed E-state index contributed by atoms with van der Waals surface area (Å²) in [6.07, 6.45) is 1.46. The van der Waals surface area contributed by atoms with Crippen LogP contribution in [-0.4, -0.2) is 45.2 Å². The zero-order valence-corrected chi connectivity index (χ0v) is 10.4. The number of carboxylic acids is 1. The van der Waals surface area contributed by atoms with Crippen molar-refractivity contribution in [1.82, 2.24) is 15.1 Å². The van der Waals surface area contributed by atoms with Crippen molar-refractivity contribution in [2.24, 2.45) is 5.73 Å². The summed E-state index contributed by atoms with van der Waals surface area (Å²) in [6.45, 7) is -0.574. The van der Waals surface area contributed by atoms with Gasteiger partial charge in [0.1, 0.15) is 0 Å². The minimum absolute atomic E-state index is 0.00293. The smallest absolute Gasteiger partial charge is 0.317 e. The first-order valence-electron chi connectivity index (χ1n) is 5.63. The van der Waals surface area contributed by atoms with E-state index in [1.54, 1.807) is 12.1 Å². The maximum absolute atomic E-state index is 10.9. The van der Waals surface area contributed by atoms with E-state index in [-0.39, 0.29) is 31.4 Å². The summed E-state index contributed by atoms with van der Waals surface area (Å²) in [4.78, 5) is 22.9. The summed E-state index contributed by atoms with van der Waals surface area (Å²) in [6, 6.07) is 3.32. The number of amides is 1. The van der Waals surface area contributed by atoms with Gasteiger partial charge in [0, 0.05) is 0 Å². The Balaban J connectivity index is 2.06. The summed E-state index contributed by atoms with van der Waals surface area (Å²) in [5.74, 6) is -0.976. The van der Waals surface area contributed by atoms with E-state index in [4.69, 9.17) is 19.7 Å². The molecule has 0 aromatic carbocycles. The number of furan rings is 1. The Morgan fingerprint density at radius 1 is 1.35 bits per heavy atom. The van der Waals surface area contributed by atoms with Crippen molar-refractivity contribution in [2.45, 2.75) is 6.54 Å². The van der Waals surface area contributed by atoms with Crippen molar-refractivity contribution in [1.29, 1.82) is 0 Å². The fourth-order valence-electron chi connectivity index (χ4n) is 1.59. The second-order valence-electron chi connectivity index (χ2n) is 3.98. The monoisotopic (exact) mass is 280 g/mol. The van der Waals surface area contributed by atoms with E-state index in [1.807, 2.05) is 0 Å². The third kappa shape index (κ3) is 3.65. The lowest BCUT2D eigenvalue weighted by Gasteiger charge is -2.15. The number of nitrogens with two attached hydrogens (primary N) is 1. The van der Waals surface area contributed by atoms with Crippen molar-refractivity contribution >= 4 is 11.9 Å². The lowest BCUT2D eigenvalue weighted by Crippen LogP contribution is -2.36. The predicted octanol–water partition coefficient (Wildman–Crippen LogP) is -0.298. The van der Waals surface area contributed by atoms with Gasteiger partial charge in [0.05, 0.1) is 25.9 Å². The molecule has 0 fully saturated rings. The molecular weight excluding hydrogens is 268 g/mol. The van der Waals surface area contributed by atoms with E-state index in [0.29, 0.717) is 5.76 Å². The fraction of sp³-hybridized carbons (Fsp3) is 0.273. The number of primary amides is 1. The van der Waals surface area contributed by atoms with Crippen LogP contribution in [0.2, 0.25) is 0 Å². The molecule has 0 radical (unpaired) electrons. The van der Waals surface area contributed by atoms with Crippen LogP contribution in [0.3, 0.4) is 0 Å². The van der Waals surface area contributed by atoms with Gasteiger partial charge in [-0.3, -0.25) is 14.5 Å². The van der Waals surface area contributed by atoms with Gasteiger partial charge in [-0.15, -0.1) is 10.2 Å². The second-order valence-corrected chi connectivity index (χ2v) is 3.98. The van der Waals surface area contributed by atoms with E-state index in [0.717, 1.165) is 0 Å². The molecule has 2 aromatic heterocycles. The first-order chi connectivity index (χ1) is 9.54. The molecule has 2 aromatic rings. The number of nitrogens with zero attached hydrogens (tertiary/aromatic N) is 3. The number of aliphatic carboxylic acids is 1. The van der Waals surface area contributed by atoms with Gasteiger partial charge in [0.2, 0.25) is 11.8 Å². The quantitative estimate of drug-likeness (QED) is 0.705. The molecule has 106 valence electrons. The first kappa shape index (κ1) is 13.7. The van der Waals surface area contributed by atoms with Gasteiger partial charge >= 0.3 is 5.97 Å². The zero-order chi connectivity index (χ0) is 14.5. The predicted molar refractivity (Wildman–Crippen MR) is 64.1 cm³/mol. The molecule has 0 bridgehead atoms. The van der Waals surface area contributed by atoms with Gasteiger partial charge in [0.25, 0.3) is 5.89 Å². The maximum Gasteiger partial charge on any atom is 0.317 e. The van der Waals surface area contributed by atoms with E-state index in [9.17, 15) is 9.59 Å². The highest BCUT2D eigenvalue weighted by atomic mass is 16.4. The van der Waals surface area contributed by atoms with E-state index in [1.165, 1.54) is 11.2 Å². The molecule has 0 aliphatic heterocycles. The van der Waals surface area contributed by atoms with Gasteiger partial charge in [-0.25, -0.2) is 0 Å². The third-order valence-corrected chi connectivity index (χ3v) is 2.30. The van der Waals surface area contributed by atoms with Crippen LogP contribution in [0.1, 0.15) is 5.89 Å². The SMILES string of the molecule is NC(=O)CN(CC(=O)O)Cc1nnc(-c2ccco2)o1. The van der Waals surface area contributed by atoms with Crippen LogP contribution in [0.25, 0.3) is 11.7 Å². The van der Waals surface area contributed by atoms with Crippen LogP contribution >= 0.6 is 0 Å². The zero-order valence-electron chi connectivity index (χ0n) is 10.4. The van der Waals surface area contributed by atoms with Crippen LogP contribution in [0.5, 0.6) is 0 Å². The van der Waals surface area contributed by atoms with Gasteiger partial charge < -0.3 is 19.7 Å². The second kappa shape index (κ2) is 5.97. The molecule has 0 spiro atoms. The van der Waals surface area contributed by atoms with Gasteiger partial charge in [-0.05, 0) is 12.1 Å². The van der Waals surface area contributed by atoms with Gasteiger partial charge in [-0.1, -0.05) is 0 Å². The molecule has 2 rings (SSSR count). The average Bonchev–Trinajstić information content (AvgIpc) is 2.95.